The van der Waals surface area contributed by atoms with Crippen molar-refractivity contribution >= 4 is 39.5 Å². The lowest BCUT2D eigenvalue weighted by molar-refractivity contribution is -0.161. The molecule has 5 atom stereocenters. The average molecular weight is 1590 g/mol. The van der Waals surface area contributed by atoms with Crippen molar-refractivity contribution in [2.75, 3.05) is 39.6 Å². The van der Waals surface area contributed by atoms with Gasteiger partial charge in [0.05, 0.1) is 26.4 Å². The lowest BCUT2D eigenvalue weighted by Crippen LogP contribution is -2.30. The van der Waals surface area contributed by atoms with Gasteiger partial charge in [-0.2, -0.15) is 0 Å². The molecule has 109 heavy (non-hydrogen) atoms. The van der Waals surface area contributed by atoms with E-state index in [1.54, 1.807) is 0 Å². The fraction of sp³-hybridized carbons (Fsp3) is 0.956. The Morgan fingerprint density at radius 1 is 0.248 bits per heavy atom. The molecule has 0 saturated carbocycles. The van der Waals surface area contributed by atoms with E-state index in [1.807, 2.05) is 0 Å². The van der Waals surface area contributed by atoms with Gasteiger partial charge in [-0.3, -0.25) is 37.3 Å². The molecule has 0 amide bonds. The van der Waals surface area contributed by atoms with Crippen LogP contribution in [0.3, 0.4) is 0 Å². The lowest BCUT2D eigenvalue weighted by atomic mass is 10.0. The van der Waals surface area contributed by atoms with Crippen molar-refractivity contribution in [2.24, 2.45) is 5.92 Å². The van der Waals surface area contributed by atoms with Gasteiger partial charge in [0.1, 0.15) is 19.3 Å². The molecule has 0 aliphatic rings. The topological polar surface area (TPSA) is 237 Å². The van der Waals surface area contributed by atoms with E-state index < -0.39 is 97.5 Å². The SMILES string of the molecule is CCCCCCCCCCCCCCCCCCCCCCCCC(=O)OC[C@H](COP(=O)(O)OC[C@@H](O)COP(=O)(O)OC[C@@H](COC(=O)CCCCCCCCCCC(C)C)OC(=O)CCCCCCCCCCCCCCCC)OC(=O)CCCCCCCCCCCCCCCCCCCCCCCC. The number of phosphoric ester groups is 2. The highest BCUT2D eigenvalue weighted by atomic mass is 31.2. The fourth-order valence-corrected chi connectivity index (χ4v) is 15.8. The van der Waals surface area contributed by atoms with Crippen molar-refractivity contribution in [3.63, 3.8) is 0 Å². The van der Waals surface area contributed by atoms with E-state index in [0.717, 1.165) is 95.8 Å². The molecule has 0 aromatic rings. The lowest BCUT2D eigenvalue weighted by Gasteiger charge is -2.21. The minimum Gasteiger partial charge on any atom is -0.462 e. The Morgan fingerprint density at radius 3 is 0.624 bits per heavy atom. The van der Waals surface area contributed by atoms with Crippen LogP contribution in [0.15, 0.2) is 0 Å². The number of carbonyl (C=O) groups is 4. The normalized spacial score (nSPS) is 13.7. The van der Waals surface area contributed by atoms with Crippen LogP contribution in [0.2, 0.25) is 0 Å². The molecule has 0 aliphatic heterocycles. The third-order valence-corrected chi connectivity index (χ3v) is 23.2. The molecule has 0 bridgehead atoms. The third kappa shape index (κ3) is 83.8. The van der Waals surface area contributed by atoms with E-state index >= 15 is 0 Å². The average Bonchev–Trinajstić information content (AvgIpc) is 0.899. The Morgan fingerprint density at radius 2 is 0.422 bits per heavy atom. The summed E-state index contributed by atoms with van der Waals surface area (Å²) in [5.41, 5.74) is 0. The predicted octanol–water partition coefficient (Wildman–Crippen LogP) is 27.9. The number of carbonyl (C=O) groups excluding carboxylic acids is 4. The first-order valence-electron chi connectivity index (χ1n) is 46.6. The number of hydrogen-bond donors (Lipinski definition) is 3. The number of rotatable bonds is 90. The Balaban J connectivity index is 5.21. The zero-order chi connectivity index (χ0) is 79.7. The number of aliphatic hydroxyl groups is 1. The fourth-order valence-electron chi connectivity index (χ4n) is 14.2. The minimum absolute atomic E-state index is 0.108. The molecule has 3 N–H and O–H groups in total. The van der Waals surface area contributed by atoms with Gasteiger partial charge in [0.25, 0.3) is 0 Å². The van der Waals surface area contributed by atoms with E-state index in [0.29, 0.717) is 25.7 Å². The van der Waals surface area contributed by atoms with Crippen molar-refractivity contribution in [1.82, 2.24) is 0 Å². The quantitative estimate of drug-likeness (QED) is 0.0222. The summed E-state index contributed by atoms with van der Waals surface area (Å²) < 4.78 is 69.0. The summed E-state index contributed by atoms with van der Waals surface area (Å²) in [5.74, 6) is -1.37. The summed E-state index contributed by atoms with van der Waals surface area (Å²) in [6, 6.07) is 0. The molecular formula is C90H176O17P2. The van der Waals surface area contributed by atoms with Gasteiger partial charge in [-0.15, -0.1) is 0 Å². The maximum Gasteiger partial charge on any atom is 0.472 e. The van der Waals surface area contributed by atoms with Gasteiger partial charge in [-0.25, -0.2) is 9.13 Å². The molecule has 0 saturated heterocycles. The molecule has 0 radical (unpaired) electrons. The van der Waals surface area contributed by atoms with Crippen LogP contribution in [0.5, 0.6) is 0 Å². The van der Waals surface area contributed by atoms with Gasteiger partial charge >= 0.3 is 39.5 Å². The van der Waals surface area contributed by atoms with E-state index in [2.05, 4.69) is 34.6 Å². The zero-order valence-electron chi connectivity index (χ0n) is 71.7. The minimum atomic E-state index is -4.97. The van der Waals surface area contributed by atoms with Gasteiger partial charge < -0.3 is 33.8 Å². The molecule has 0 rings (SSSR count). The summed E-state index contributed by atoms with van der Waals surface area (Å²) in [6.07, 6.45) is 78.1. The molecule has 0 fully saturated rings. The van der Waals surface area contributed by atoms with Gasteiger partial charge in [-0.05, 0) is 31.6 Å². The number of ether oxygens (including phenoxy) is 4. The van der Waals surface area contributed by atoms with Crippen LogP contribution in [-0.4, -0.2) is 96.7 Å². The zero-order valence-corrected chi connectivity index (χ0v) is 73.5. The Bertz CT molecular complexity index is 2070. The van der Waals surface area contributed by atoms with Crippen molar-refractivity contribution in [2.45, 2.75) is 509 Å². The summed E-state index contributed by atoms with van der Waals surface area (Å²) in [7, 11) is -9.93. The van der Waals surface area contributed by atoms with Crippen LogP contribution < -0.4 is 0 Å². The Hall–Kier alpha value is -1.94. The van der Waals surface area contributed by atoms with E-state index in [-0.39, 0.29) is 25.7 Å². The number of hydrogen-bond acceptors (Lipinski definition) is 15. The first kappa shape index (κ1) is 107. The van der Waals surface area contributed by atoms with Crippen LogP contribution >= 0.6 is 15.6 Å². The molecule has 0 aromatic carbocycles. The second kappa shape index (κ2) is 82.6. The number of esters is 4. The van der Waals surface area contributed by atoms with Gasteiger partial charge in [0.2, 0.25) is 0 Å². The smallest absolute Gasteiger partial charge is 0.462 e. The van der Waals surface area contributed by atoms with Crippen molar-refractivity contribution < 1.29 is 80.2 Å². The number of phosphoric acid groups is 2. The van der Waals surface area contributed by atoms with Gasteiger partial charge in [0.15, 0.2) is 12.2 Å². The molecule has 0 spiro atoms. The van der Waals surface area contributed by atoms with Crippen molar-refractivity contribution in [1.29, 1.82) is 0 Å². The second-order valence-electron chi connectivity index (χ2n) is 32.8. The first-order chi connectivity index (χ1) is 53.0. The van der Waals surface area contributed by atoms with Crippen LogP contribution in [0, 0.1) is 5.92 Å². The predicted molar refractivity (Wildman–Crippen MR) is 451 cm³/mol. The highest BCUT2D eigenvalue weighted by Crippen LogP contribution is 2.45. The van der Waals surface area contributed by atoms with Gasteiger partial charge in [0, 0.05) is 25.7 Å². The Labute approximate surface area is 670 Å². The van der Waals surface area contributed by atoms with Crippen molar-refractivity contribution in [3.05, 3.63) is 0 Å². The van der Waals surface area contributed by atoms with Crippen molar-refractivity contribution in [3.8, 4) is 0 Å². The molecular weight excluding hydrogens is 1410 g/mol. The highest BCUT2D eigenvalue weighted by Gasteiger charge is 2.31. The molecule has 0 heterocycles. The van der Waals surface area contributed by atoms with E-state index in [9.17, 15) is 43.2 Å². The monoisotopic (exact) mass is 1590 g/mol. The van der Waals surface area contributed by atoms with E-state index in [1.165, 1.54) is 315 Å². The standard InChI is InChI=1S/C90H176O17P2/c1-6-9-12-15-18-21-24-27-30-32-34-36-38-40-42-44-47-49-52-58-63-68-73-87(92)100-79-85(106-90(95)76-71-66-61-54-51-48-45-43-41-39-37-35-33-31-28-25-22-19-16-13-10-7-2)81-104-108(96,97)102-77-84(91)78-103-109(98,99)105-82-86(80-101-88(93)74-69-64-59-56-55-57-62-67-72-83(4)5)107-89(94)75-70-65-60-53-50-46-29-26-23-20-17-14-11-8-3/h83-86,91H,6-82H2,1-5H3,(H,96,97)(H,98,99)/t84-,85-,86-/m1/s1. The molecule has 19 heteroatoms. The number of aliphatic hydroxyl groups excluding tert-OH is 1. The molecule has 17 nitrogen and oxygen atoms in total. The molecule has 648 valence electrons. The van der Waals surface area contributed by atoms with Crippen LogP contribution in [0.1, 0.15) is 490 Å². The van der Waals surface area contributed by atoms with E-state index in [4.69, 9.17) is 37.0 Å². The Kier molecular flexibility index (Phi) is 81.1. The largest absolute Gasteiger partial charge is 0.472 e. The molecule has 0 aromatic heterocycles. The van der Waals surface area contributed by atoms with Crippen LogP contribution in [0.25, 0.3) is 0 Å². The summed E-state index contributed by atoms with van der Waals surface area (Å²) in [4.78, 5) is 73.3. The second-order valence-corrected chi connectivity index (χ2v) is 35.7. The summed E-state index contributed by atoms with van der Waals surface area (Å²) >= 11 is 0. The number of unbranched alkanes of at least 4 members (excludes halogenated alkanes) is 62. The molecule has 2 unspecified atom stereocenters. The third-order valence-electron chi connectivity index (χ3n) is 21.3. The van der Waals surface area contributed by atoms with Crippen LogP contribution in [0.4, 0.5) is 0 Å². The van der Waals surface area contributed by atoms with Gasteiger partial charge in [-0.1, -0.05) is 439 Å². The molecule has 0 aliphatic carbocycles. The maximum atomic E-state index is 13.2. The highest BCUT2D eigenvalue weighted by molar-refractivity contribution is 7.47. The first-order valence-corrected chi connectivity index (χ1v) is 49.6. The summed E-state index contributed by atoms with van der Waals surface area (Å²) in [5, 5.41) is 10.7. The maximum absolute atomic E-state index is 13.2. The van der Waals surface area contributed by atoms with Crippen LogP contribution in [-0.2, 0) is 65.4 Å². The summed E-state index contributed by atoms with van der Waals surface area (Å²) in [6.45, 7) is 7.34.